The van der Waals surface area contributed by atoms with Gasteiger partial charge in [0.2, 0.25) is 0 Å². The van der Waals surface area contributed by atoms with E-state index in [0.717, 1.165) is 24.3 Å². The number of nitro benzene ring substituents is 2. The summed E-state index contributed by atoms with van der Waals surface area (Å²) in [6.45, 7) is 0. The number of ether oxygens (including phenoxy) is 1. The van der Waals surface area contributed by atoms with E-state index >= 15 is 0 Å². The summed E-state index contributed by atoms with van der Waals surface area (Å²) in [5.41, 5.74) is -4.30. The molecule has 0 amide bonds. The van der Waals surface area contributed by atoms with Crippen molar-refractivity contribution in [3.8, 4) is 0 Å². The molecule has 0 aliphatic carbocycles. The second kappa shape index (κ2) is 7.91. The zero-order valence-corrected chi connectivity index (χ0v) is 13.9. The number of hydrogen-bond donors (Lipinski definition) is 2. The van der Waals surface area contributed by atoms with Crippen LogP contribution in [0.15, 0.2) is 36.4 Å². The number of nitrogens with zero attached hydrogens (tertiary/aromatic N) is 2. The highest BCUT2D eigenvalue weighted by Crippen LogP contribution is 2.22. The third kappa shape index (κ3) is 4.36. The number of nitro groups is 2. The summed E-state index contributed by atoms with van der Waals surface area (Å²) < 4.78 is 4.46. The fraction of sp³-hybridized carbons (Fsp3) is 0. The van der Waals surface area contributed by atoms with Crippen LogP contribution in [0.25, 0.3) is 0 Å². The van der Waals surface area contributed by atoms with Gasteiger partial charge in [-0.3, -0.25) is 20.2 Å². The molecule has 13 nitrogen and oxygen atoms in total. The highest BCUT2D eigenvalue weighted by Gasteiger charge is 2.27. The Balaban J connectivity index is 2.40. The van der Waals surface area contributed by atoms with Crippen LogP contribution in [0.2, 0.25) is 0 Å². The zero-order chi connectivity index (χ0) is 21.9. The lowest BCUT2D eigenvalue weighted by atomic mass is 10.1. The van der Waals surface area contributed by atoms with Gasteiger partial charge in [-0.1, -0.05) is 0 Å². The lowest BCUT2D eigenvalue weighted by Gasteiger charge is -2.08. The van der Waals surface area contributed by atoms with E-state index in [2.05, 4.69) is 4.74 Å². The van der Waals surface area contributed by atoms with E-state index in [-0.39, 0.29) is 0 Å². The third-order valence-electron chi connectivity index (χ3n) is 3.51. The molecular weight excluding hydrogens is 396 g/mol. The zero-order valence-electron chi connectivity index (χ0n) is 13.9. The summed E-state index contributed by atoms with van der Waals surface area (Å²) in [6.07, 6.45) is 0. The van der Waals surface area contributed by atoms with Crippen LogP contribution in [0.5, 0.6) is 0 Å². The fourth-order valence-corrected chi connectivity index (χ4v) is 2.20. The lowest BCUT2D eigenvalue weighted by Crippen LogP contribution is -2.18. The number of non-ortho nitro benzene ring substituents is 2. The van der Waals surface area contributed by atoms with Gasteiger partial charge < -0.3 is 14.9 Å². The first kappa shape index (κ1) is 20.6. The maximum absolute atomic E-state index is 12.2. The average molecular weight is 404 g/mol. The Kier molecular flexibility index (Phi) is 5.63. The Labute approximate surface area is 159 Å². The lowest BCUT2D eigenvalue weighted by molar-refractivity contribution is -0.385. The molecule has 0 aliphatic rings. The summed E-state index contributed by atoms with van der Waals surface area (Å²) in [5, 5.41) is 39.7. The minimum absolute atomic E-state index is 0.581. The molecule has 0 unspecified atom stereocenters. The average Bonchev–Trinajstić information content (AvgIpc) is 2.66. The molecule has 0 heterocycles. The number of carbonyl (C=O) groups excluding carboxylic acids is 2. The minimum atomic E-state index is -1.71. The molecule has 13 heteroatoms. The first-order chi connectivity index (χ1) is 13.5. The van der Waals surface area contributed by atoms with Crippen LogP contribution in [0, 0.1) is 20.2 Å². The summed E-state index contributed by atoms with van der Waals surface area (Å²) in [6, 6.07) is 4.29. The smallest absolute Gasteiger partial charge is 0.346 e. The number of benzene rings is 2. The van der Waals surface area contributed by atoms with Gasteiger partial charge in [-0.15, -0.1) is 0 Å². The number of aromatic carboxylic acids is 2. The van der Waals surface area contributed by atoms with Gasteiger partial charge in [0, 0.05) is 24.3 Å². The van der Waals surface area contributed by atoms with Crippen LogP contribution < -0.4 is 0 Å². The molecule has 2 rings (SSSR count). The molecule has 2 N–H and O–H groups in total. The van der Waals surface area contributed by atoms with Crippen molar-refractivity contribution in [2.75, 3.05) is 0 Å². The van der Waals surface area contributed by atoms with Crippen molar-refractivity contribution < 1.29 is 44.0 Å². The van der Waals surface area contributed by atoms with Crippen molar-refractivity contribution in [2.45, 2.75) is 0 Å². The first-order valence-electron chi connectivity index (χ1n) is 7.33. The molecule has 0 saturated heterocycles. The van der Waals surface area contributed by atoms with Crippen LogP contribution >= 0.6 is 0 Å². The summed E-state index contributed by atoms with van der Waals surface area (Å²) in [5.74, 6) is -6.46. The fourth-order valence-electron chi connectivity index (χ4n) is 2.20. The number of rotatable bonds is 6. The van der Waals surface area contributed by atoms with E-state index in [1.165, 1.54) is 0 Å². The van der Waals surface area contributed by atoms with Crippen molar-refractivity contribution in [2.24, 2.45) is 0 Å². The van der Waals surface area contributed by atoms with E-state index < -0.39 is 67.4 Å². The largest absolute Gasteiger partial charge is 0.478 e. The quantitative estimate of drug-likeness (QED) is 0.308. The number of carboxylic acid groups (broad SMARTS) is 2. The molecule has 2 aromatic carbocycles. The molecule has 0 spiro atoms. The van der Waals surface area contributed by atoms with Gasteiger partial charge >= 0.3 is 23.9 Å². The topological polar surface area (TPSA) is 204 Å². The number of hydrogen-bond acceptors (Lipinski definition) is 9. The predicted octanol–water partition coefficient (Wildman–Crippen LogP) is 1.90. The van der Waals surface area contributed by atoms with E-state index in [4.69, 9.17) is 10.2 Å². The first-order valence-corrected chi connectivity index (χ1v) is 7.33. The van der Waals surface area contributed by atoms with Crippen molar-refractivity contribution in [1.29, 1.82) is 0 Å². The number of carbonyl (C=O) groups is 4. The molecule has 0 radical (unpaired) electrons. The van der Waals surface area contributed by atoms with E-state index in [1.807, 2.05) is 0 Å². The molecule has 0 saturated carbocycles. The van der Waals surface area contributed by atoms with Crippen LogP contribution in [-0.2, 0) is 4.74 Å². The standard InChI is InChI=1S/C16H8N2O11/c19-13(20)11-5-7(17(25)26)1-3-9(11)15(23)29-16(24)10-4-2-8(18(27)28)6-12(10)14(21)22/h1-6H,(H,19,20)(H,21,22). The molecule has 0 aliphatic heterocycles. The molecule has 148 valence electrons. The van der Waals surface area contributed by atoms with Gasteiger partial charge in [-0.25, -0.2) is 19.2 Å². The monoisotopic (exact) mass is 404 g/mol. The maximum Gasteiger partial charge on any atom is 0.346 e. The van der Waals surface area contributed by atoms with Crippen molar-refractivity contribution in [1.82, 2.24) is 0 Å². The Morgan fingerprint density at radius 3 is 1.31 bits per heavy atom. The van der Waals surface area contributed by atoms with Crippen LogP contribution in [0.3, 0.4) is 0 Å². The van der Waals surface area contributed by atoms with Crippen LogP contribution in [-0.4, -0.2) is 43.9 Å². The van der Waals surface area contributed by atoms with Gasteiger partial charge in [-0.05, 0) is 12.1 Å². The van der Waals surface area contributed by atoms with Gasteiger partial charge in [0.1, 0.15) is 0 Å². The number of esters is 2. The molecule has 29 heavy (non-hydrogen) atoms. The molecule has 2 aromatic rings. The van der Waals surface area contributed by atoms with Gasteiger partial charge in [0.25, 0.3) is 11.4 Å². The van der Waals surface area contributed by atoms with Crippen molar-refractivity contribution in [3.63, 3.8) is 0 Å². The molecule has 0 bridgehead atoms. The summed E-state index contributed by atoms with van der Waals surface area (Å²) in [4.78, 5) is 66.5. The van der Waals surface area contributed by atoms with Crippen LogP contribution in [0.1, 0.15) is 41.4 Å². The second-order valence-corrected chi connectivity index (χ2v) is 5.26. The van der Waals surface area contributed by atoms with E-state index in [9.17, 15) is 39.4 Å². The highest BCUT2D eigenvalue weighted by atomic mass is 16.6. The summed E-state index contributed by atoms with van der Waals surface area (Å²) >= 11 is 0. The van der Waals surface area contributed by atoms with E-state index in [0.29, 0.717) is 12.1 Å². The Hall–Kier alpha value is -4.68. The molecular formula is C16H8N2O11. The van der Waals surface area contributed by atoms with Crippen LogP contribution in [0.4, 0.5) is 11.4 Å². The molecule has 0 aromatic heterocycles. The minimum Gasteiger partial charge on any atom is -0.478 e. The maximum atomic E-state index is 12.2. The number of carboxylic acids is 2. The molecule has 0 fully saturated rings. The SMILES string of the molecule is O=C(O)c1cc([N+](=O)[O-])ccc1C(=O)OC(=O)c1ccc([N+](=O)[O-])cc1C(=O)O. The van der Waals surface area contributed by atoms with E-state index in [1.54, 1.807) is 0 Å². The highest BCUT2D eigenvalue weighted by molar-refractivity contribution is 6.10. The second-order valence-electron chi connectivity index (χ2n) is 5.26. The Bertz CT molecular complexity index is 1000. The van der Waals surface area contributed by atoms with Crippen molar-refractivity contribution in [3.05, 3.63) is 78.9 Å². The van der Waals surface area contributed by atoms with Crippen molar-refractivity contribution >= 4 is 35.3 Å². The Morgan fingerprint density at radius 2 is 1.03 bits per heavy atom. The van der Waals surface area contributed by atoms with Gasteiger partial charge in [0.15, 0.2) is 0 Å². The summed E-state index contributed by atoms with van der Waals surface area (Å²) in [7, 11) is 0. The molecule has 0 atom stereocenters. The van der Waals surface area contributed by atoms with Gasteiger partial charge in [0.05, 0.1) is 32.1 Å². The third-order valence-corrected chi connectivity index (χ3v) is 3.51. The predicted molar refractivity (Wildman–Crippen MR) is 89.9 cm³/mol. The Morgan fingerprint density at radius 1 is 0.690 bits per heavy atom. The van der Waals surface area contributed by atoms with Gasteiger partial charge in [-0.2, -0.15) is 0 Å². The normalized spacial score (nSPS) is 10.1.